The standard InChI is InChI=1S/C20H19ClFN3OS/c1-20(12-26)11-18-23-24-19(25(18)8-9-27-20)15-7-6-13(10-16(15)21)14-4-2-3-5-17(14)22/h2-7,10,26H,8-9,11-12H2,1H3. The number of aliphatic hydroxyl groups excluding tert-OH is 1. The number of thioether (sulfide) groups is 1. The van der Waals surface area contributed by atoms with Gasteiger partial charge in [-0.3, -0.25) is 0 Å². The maximum atomic E-state index is 14.1. The number of aromatic nitrogens is 3. The fourth-order valence-corrected chi connectivity index (χ4v) is 4.68. The molecule has 7 heteroatoms. The topological polar surface area (TPSA) is 50.9 Å². The molecule has 0 spiro atoms. The predicted octanol–water partition coefficient (Wildman–Crippen LogP) is 4.44. The van der Waals surface area contributed by atoms with Gasteiger partial charge in [-0.05, 0) is 30.7 Å². The van der Waals surface area contributed by atoms with Crippen LogP contribution in [-0.4, -0.2) is 37.0 Å². The van der Waals surface area contributed by atoms with Crippen molar-refractivity contribution in [2.45, 2.75) is 24.6 Å². The number of nitrogens with zero attached hydrogens (tertiary/aromatic N) is 3. The van der Waals surface area contributed by atoms with Gasteiger partial charge in [0.25, 0.3) is 0 Å². The van der Waals surface area contributed by atoms with E-state index in [9.17, 15) is 9.50 Å². The average molecular weight is 404 g/mol. The fraction of sp³-hybridized carbons (Fsp3) is 0.300. The highest BCUT2D eigenvalue weighted by Gasteiger charge is 2.31. The lowest BCUT2D eigenvalue weighted by Crippen LogP contribution is -2.28. The van der Waals surface area contributed by atoms with Crippen LogP contribution in [0.3, 0.4) is 0 Å². The number of hydrogen-bond donors (Lipinski definition) is 1. The van der Waals surface area contributed by atoms with Crippen LogP contribution in [0.5, 0.6) is 0 Å². The summed E-state index contributed by atoms with van der Waals surface area (Å²) in [6.07, 6.45) is 0.645. The van der Waals surface area contributed by atoms with Gasteiger partial charge in [0.2, 0.25) is 0 Å². The molecule has 0 amide bonds. The van der Waals surface area contributed by atoms with E-state index >= 15 is 0 Å². The monoisotopic (exact) mass is 403 g/mol. The van der Waals surface area contributed by atoms with Crippen LogP contribution in [0, 0.1) is 5.82 Å². The van der Waals surface area contributed by atoms with Crippen molar-refractivity contribution in [3.05, 3.63) is 59.1 Å². The van der Waals surface area contributed by atoms with E-state index in [2.05, 4.69) is 14.8 Å². The minimum Gasteiger partial charge on any atom is -0.395 e. The molecule has 0 aliphatic carbocycles. The molecule has 0 fully saturated rings. The molecule has 1 aromatic heterocycles. The number of benzene rings is 2. The van der Waals surface area contributed by atoms with Gasteiger partial charge in [-0.25, -0.2) is 4.39 Å². The Labute approximate surface area is 166 Å². The summed E-state index contributed by atoms with van der Waals surface area (Å²) in [6, 6.07) is 12.1. The molecule has 4 nitrogen and oxygen atoms in total. The van der Waals surface area contributed by atoms with Crippen molar-refractivity contribution in [1.29, 1.82) is 0 Å². The summed E-state index contributed by atoms with van der Waals surface area (Å²) in [4.78, 5) is 0. The van der Waals surface area contributed by atoms with Crippen molar-refractivity contribution in [3.8, 4) is 22.5 Å². The van der Waals surface area contributed by atoms with Gasteiger partial charge in [0, 0.05) is 34.6 Å². The molecule has 4 rings (SSSR count). The van der Waals surface area contributed by atoms with Gasteiger partial charge in [0.1, 0.15) is 11.6 Å². The van der Waals surface area contributed by atoms with Crippen LogP contribution in [0.25, 0.3) is 22.5 Å². The van der Waals surface area contributed by atoms with E-state index in [1.165, 1.54) is 6.07 Å². The maximum absolute atomic E-state index is 14.1. The van der Waals surface area contributed by atoms with Gasteiger partial charge in [-0.1, -0.05) is 35.9 Å². The van der Waals surface area contributed by atoms with Crippen molar-refractivity contribution in [2.75, 3.05) is 12.4 Å². The highest BCUT2D eigenvalue weighted by molar-refractivity contribution is 8.00. The summed E-state index contributed by atoms with van der Waals surface area (Å²) in [7, 11) is 0. The molecular formula is C20H19ClFN3OS. The van der Waals surface area contributed by atoms with E-state index in [1.807, 2.05) is 19.1 Å². The molecule has 140 valence electrons. The van der Waals surface area contributed by atoms with Crippen LogP contribution in [0.15, 0.2) is 42.5 Å². The third-order valence-electron chi connectivity index (χ3n) is 4.85. The summed E-state index contributed by atoms with van der Waals surface area (Å²) >= 11 is 8.28. The molecule has 1 aliphatic heterocycles. The Hall–Kier alpha value is -1.89. The zero-order chi connectivity index (χ0) is 19.0. The van der Waals surface area contributed by atoms with E-state index < -0.39 is 0 Å². The quantitative estimate of drug-likeness (QED) is 0.702. The molecular weight excluding hydrogens is 385 g/mol. The molecule has 0 saturated carbocycles. The Morgan fingerprint density at radius 1 is 1.22 bits per heavy atom. The van der Waals surface area contributed by atoms with Crippen molar-refractivity contribution in [2.24, 2.45) is 0 Å². The largest absolute Gasteiger partial charge is 0.395 e. The third-order valence-corrected chi connectivity index (χ3v) is 6.52. The average Bonchev–Trinajstić information content (AvgIpc) is 2.95. The third kappa shape index (κ3) is 3.49. The van der Waals surface area contributed by atoms with E-state index in [0.29, 0.717) is 22.8 Å². The van der Waals surface area contributed by atoms with Crippen LogP contribution < -0.4 is 0 Å². The molecule has 3 aromatic rings. The van der Waals surface area contributed by atoms with Crippen LogP contribution in [0.4, 0.5) is 4.39 Å². The second-order valence-corrected chi connectivity index (χ2v) is 8.99. The normalized spacial score (nSPS) is 19.6. The summed E-state index contributed by atoms with van der Waals surface area (Å²) in [6.45, 7) is 2.89. The van der Waals surface area contributed by atoms with Gasteiger partial charge in [-0.15, -0.1) is 10.2 Å². The molecule has 1 N–H and O–H groups in total. The van der Waals surface area contributed by atoms with Crippen LogP contribution in [0.2, 0.25) is 5.02 Å². The summed E-state index contributed by atoms with van der Waals surface area (Å²) in [5.41, 5.74) is 2.01. The molecule has 0 bridgehead atoms. The first-order chi connectivity index (χ1) is 13.0. The molecule has 2 aromatic carbocycles. The molecule has 1 aliphatic rings. The lowest BCUT2D eigenvalue weighted by molar-refractivity contribution is 0.254. The van der Waals surface area contributed by atoms with E-state index in [-0.39, 0.29) is 17.2 Å². The Morgan fingerprint density at radius 3 is 2.78 bits per heavy atom. The highest BCUT2D eigenvalue weighted by Crippen LogP contribution is 2.36. The van der Waals surface area contributed by atoms with Crippen molar-refractivity contribution in [3.63, 3.8) is 0 Å². The molecule has 1 atom stereocenters. The molecule has 1 unspecified atom stereocenters. The van der Waals surface area contributed by atoms with Gasteiger partial charge in [0.05, 0.1) is 11.6 Å². The van der Waals surface area contributed by atoms with Gasteiger partial charge < -0.3 is 9.67 Å². The van der Waals surface area contributed by atoms with Crippen molar-refractivity contribution >= 4 is 23.4 Å². The minimum absolute atomic E-state index is 0.0952. The number of hydrogen-bond acceptors (Lipinski definition) is 4. The fourth-order valence-electron chi connectivity index (χ4n) is 3.33. The number of halogens is 2. The molecule has 0 radical (unpaired) electrons. The second-order valence-electron chi connectivity index (χ2n) is 6.90. The molecule has 2 heterocycles. The van der Waals surface area contributed by atoms with Crippen LogP contribution >= 0.6 is 23.4 Å². The van der Waals surface area contributed by atoms with Gasteiger partial charge in [-0.2, -0.15) is 11.8 Å². The van der Waals surface area contributed by atoms with E-state index in [4.69, 9.17) is 11.6 Å². The van der Waals surface area contributed by atoms with Crippen LogP contribution in [-0.2, 0) is 13.0 Å². The number of rotatable bonds is 3. The second kappa shape index (κ2) is 7.26. The first-order valence-electron chi connectivity index (χ1n) is 8.72. The Bertz CT molecular complexity index is 993. The summed E-state index contributed by atoms with van der Waals surface area (Å²) in [5, 5.41) is 18.9. The van der Waals surface area contributed by atoms with Gasteiger partial charge in [0.15, 0.2) is 5.82 Å². The minimum atomic E-state index is -0.280. The number of aliphatic hydroxyl groups is 1. The first kappa shape index (κ1) is 18.5. The predicted molar refractivity (Wildman–Crippen MR) is 108 cm³/mol. The van der Waals surface area contributed by atoms with E-state index in [1.54, 1.807) is 36.0 Å². The maximum Gasteiger partial charge on any atom is 0.165 e. The smallest absolute Gasteiger partial charge is 0.165 e. The first-order valence-corrected chi connectivity index (χ1v) is 10.1. The summed E-state index contributed by atoms with van der Waals surface area (Å²) < 4.78 is 15.9. The molecule has 27 heavy (non-hydrogen) atoms. The van der Waals surface area contributed by atoms with Gasteiger partial charge >= 0.3 is 0 Å². The van der Waals surface area contributed by atoms with Crippen molar-refractivity contribution in [1.82, 2.24) is 14.8 Å². The lowest BCUT2D eigenvalue weighted by Gasteiger charge is -2.23. The lowest BCUT2D eigenvalue weighted by atomic mass is 10.0. The SMILES string of the molecule is CC1(CO)Cc2nnc(-c3ccc(-c4ccccc4F)cc3Cl)n2CCS1. The van der Waals surface area contributed by atoms with E-state index in [0.717, 1.165) is 29.2 Å². The molecule has 0 saturated heterocycles. The Kier molecular flexibility index (Phi) is 4.97. The van der Waals surface area contributed by atoms with Crippen molar-refractivity contribution < 1.29 is 9.50 Å². The zero-order valence-electron chi connectivity index (χ0n) is 14.8. The Morgan fingerprint density at radius 2 is 2.04 bits per heavy atom. The summed E-state index contributed by atoms with van der Waals surface area (Å²) in [5.74, 6) is 2.14. The number of fused-ring (bicyclic) bond motifs is 1. The Balaban J connectivity index is 1.73. The highest BCUT2D eigenvalue weighted by atomic mass is 35.5. The van der Waals surface area contributed by atoms with Crippen LogP contribution in [0.1, 0.15) is 12.7 Å². The zero-order valence-corrected chi connectivity index (χ0v) is 16.4.